The number of sulfonamides is 1. The monoisotopic (exact) mass is 477 g/mol. The number of hydrogen-bond acceptors (Lipinski definition) is 6. The molecule has 34 heavy (non-hydrogen) atoms. The largest absolute Gasteiger partial charge is 0.333 e. The van der Waals surface area contributed by atoms with E-state index in [9.17, 15) is 13.2 Å². The molecule has 0 saturated heterocycles. The van der Waals surface area contributed by atoms with Crippen LogP contribution in [0, 0.1) is 6.92 Å². The molecule has 2 aliphatic carbocycles. The van der Waals surface area contributed by atoms with Crippen LogP contribution in [0.2, 0.25) is 0 Å². The van der Waals surface area contributed by atoms with Crippen molar-refractivity contribution in [2.75, 3.05) is 5.32 Å². The average molecular weight is 478 g/mol. The molecule has 1 saturated carbocycles. The molecule has 0 spiro atoms. The maximum Gasteiger partial charge on any atom is 0.333 e. The third kappa shape index (κ3) is 3.61. The molecule has 4 aromatic rings. The van der Waals surface area contributed by atoms with Gasteiger partial charge in [-0.3, -0.25) is 4.68 Å². The Balaban J connectivity index is 1.35. The summed E-state index contributed by atoms with van der Waals surface area (Å²) in [5.41, 5.74) is 6.22. The minimum atomic E-state index is -4.10. The summed E-state index contributed by atoms with van der Waals surface area (Å²) in [6, 6.07) is 6.78. The highest BCUT2D eigenvalue weighted by Crippen LogP contribution is 2.40. The molecular weight excluding hydrogens is 454 g/mol. The van der Waals surface area contributed by atoms with E-state index in [1.807, 2.05) is 25.3 Å². The van der Waals surface area contributed by atoms with E-state index in [2.05, 4.69) is 31.3 Å². The molecule has 3 aromatic heterocycles. The van der Waals surface area contributed by atoms with E-state index >= 15 is 0 Å². The van der Waals surface area contributed by atoms with Crippen LogP contribution < -0.4 is 10.0 Å². The van der Waals surface area contributed by atoms with Gasteiger partial charge in [0.25, 0.3) is 10.0 Å². The van der Waals surface area contributed by atoms with Gasteiger partial charge in [0.15, 0.2) is 10.7 Å². The van der Waals surface area contributed by atoms with Gasteiger partial charge in [0, 0.05) is 23.5 Å². The number of carbonyl (C=O) groups excluding carboxylic acids is 1. The average Bonchev–Trinajstić information content (AvgIpc) is 3.19. The Hall–Kier alpha value is -3.73. The summed E-state index contributed by atoms with van der Waals surface area (Å²) in [5, 5.41) is 11.0. The summed E-state index contributed by atoms with van der Waals surface area (Å²) in [7, 11) is -4.10. The van der Waals surface area contributed by atoms with E-state index in [4.69, 9.17) is 0 Å². The molecule has 2 amide bonds. The van der Waals surface area contributed by atoms with Crippen LogP contribution in [0.25, 0.3) is 16.8 Å². The van der Waals surface area contributed by atoms with Crippen LogP contribution in [-0.4, -0.2) is 38.8 Å². The molecule has 3 heterocycles. The Kier molecular flexibility index (Phi) is 4.70. The van der Waals surface area contributed by atoms with Crippen molar-refractivity contribution in [2.24, 2.45) is 0 Å². The Morgan fingerprint density at radius 1 is 1.18 bits per heavy atom. The van der Waals surface area contributed by atoms with Crippen molar-refractivity contribution < 1.29 is 13.2 Å². The first-order chi connectivity index (χ1) is 16.4. The fraction of sp³-hybridized carbons (Fsp3) is 0.304. The Morgan fingerprint density at radius 2 is 2.03 bits per heavy atom. The van der Waals surface area contributed by atoms with Crippen molar-refractivity contribution in [3.63, 3.8) is 0 Å². The summed E-state index contributed by atoms with van der Waals surface area (Å²) in [6.45, 7) is 1.99. The van der Waals surface area contributed by atoms with E-state index in [0.29, 0.717) is 11.3 Å². The first-order valence-corrected chi connectivity index (χ1v) is 12.7. The zero-order chi connectivity index (χ0) is 23.4. The fourth-order valence-corrected chi connectivity index (χ4v) is 5.53. The number of hydrogen-bond donors (Lipinski definition) is 2. The number of carbonyl (C=O) groups is 1. The van der Waals surface area contributed by atoms with Gasteiger partial charge in [-0.25, -0.2) is 19.0 Å². The summed E-state index contributed by atoms with van der Waals surface area (Å²) in [4.78, 5) is 17.1. The molecule has 6 rings (SSSR count). The summed E-state index contributed by atoms with van der Waals surface area (Å²) in [6.07, 6.45) is 9.65. The second-order valence-corrected chi connectivity index (χ2v) is 10.5. The quantitative estimate of drug-likeness (QED) is 0.455. The lowest BCUT2D eigenvalue weighted by atomic mass is 9.93. The highest BCUT2D eigenvalue weighted by Gasteiger charge is 2.28. The van der Waals surface area contributed by atoms with Crippen molar-refractivity contribution in [3.8, 4) is 11.1 Å². The number of rotatable bonds is 5. The standard InChI is InChI=1S/C23H23N7O3S/c1-14-11-15-3-2-4-18(15)22(21(14)16-5-8-19-24-13-25-30(19)12-16)26-23(31)28-34(32,33)20-9-10-29(27-20)17-6-7-17/h5,8-13,17H,2-4,6-7H2,1H3,(H2,26,28,31). The summed E-state index contributed by atoms with van der Waals surface area (Å²) in [5.74, 6) is 0. The number of pyridine rings is 1. The molecular formula is C23H23N7O3S. The number of benzene rings is 1. The minimum absolute atomic E-state index is 0.166. The van der Waals surface area contributed by atoms with Crippen molar-refractivity contribution in [2.45, 2.75) is 50.1 Å². The molecule has 174 valence electrons. The highest BCUT2D eigenvalue weighted by atomic mass is 32.2. The number of aryl methyl sites for hydroxylation is 2. The zero-order valence-electron chi connectivity index (χ0n) is 18.5. The minimum Gasteiger partial charge on any atom is -0.306 e. The third-order valence-corrected chi connectivity index (χ3v) is 7.63. The van der Waals surface area contributed by atoms with Crippen LogP contribution in [0.3, 0.4) is 0 Å². The number of nitrogens with zero attached hydrogens (tertiary/aromatic N) is 5. The van der Waals surface area contributed by atoms with Crippen LogP contribution in [0.15, 0.2) is 48.0 Å². The van der Waals surface area contributed by atoms with E-state index < -0.39 is 16.1 Å². The lowest BCUT2D eigenvalue weighted by molar-refractivity contribution is 0.256. The SMILES string of the molecule is Cc1cc2c(c(NC(=O)NS(=O)(=O)c3ccn(C4CC4)n3)c1-c1ccc3ncnn3c1)CCC2. The highest BCUT2D eigenvalue weighted by molar-refractivity contribution is 7.90. The molecule has 1 fully saturated rings. The van der Waals surface area contributed by atoms with Crippen LogP contribution in [-0.2, 0) is 22.9 Å². The molecule has 0 aliphatic heterocycles. The molecule has 0 atom stereocenters. The van der Waals surface area contributed by atoms with Gasteiger partial charge in [-0.05, 0) is 73.9 Å². The maximum absolute atomic E-state index is 13.0. The lowest BCUT2D eigenvalue weighted by Gasteiger charge is -2.19. The molecule has 11 heteroatoms. The van der Waals surface area contributed by atoms with Crippen molar-refractivity contribution in [1.29, 1.82) is 0 Å². The second kappa shape index (κ2) is 7.66. The van der Waals surface area contributed by atoms with Gasteiger partial charge >= 0.3 is 6.03 Å². The predicted molar refractivity (Wildman–Crippen MR) is 125 cm³/mol. The van der Waals surface area contributed by atoms with Crippen molar-refractivity contribution in [3.05, 3.63) is 59.7 Å². The van der Waals surface area contributed by atoms with E-state index in [0.717, 1.165) is 54.4 Å². The lowest BCUT2D eigenvalue weighted by Crippen LogP contribution is -2.35. The number of amides is 2. The van der Waals surface area contributed by atoms with Crippen molar-refractivity contribution in [1.82, 2.24) is 29.1 Å². The number of aromatic nitrogens is 5. The van der Waals surface area contributed by atoms with Gasteiger partial charge < -0.3 is 5.32 Å². The summed E-state index contributed by atoms with van der Waals surface area (Å²) < 4.78 is 31.0. The Labute approximate surface area is 196 Å². The van der Waals surface area contributed by atoms with E-state index in [1.54, 1.807) is 15.4 Å². The number of urea groups is 1. The molecule has 2 N–H and O–H groups in total. The smallest absolute Gasteiger partial charge is 0.306 e. The van der Waals surface area contributed by atoms with E-state index in [1.165, 1.54) is 18.0 Å². The van der Waals surface area contributed by atoms with Gasteiger partial charge in [-0.15, -0.1) is 0 Å². The number of anilines is 1. The van der Waals surface area contributed by atoms with Crippen molar-refractivity contribution >= 4 is 27.4 Å². The molecule has 0 unspecified atom stereocenters. The fourth-order valence-electron chi connectivity index (χ4n) is 4.69. The molecule has 10 nitrogen and oxygen atoms in total. The predicted octanol–water partition coefficient (Wildman–Crippen LogP) is 3.24. The molecule has 0 radical (unpaired) electrons. The van der Waals surface area contributed by atoms with Gasteiger partial charge in [-0.1, -0.05) is 6.07 Å². The number of nitrogens with one attached hydrogen (secondary N) is 2. The molecule has 1 aromatic carbocycles. The summed E-state index contributed by atoms with van der Waals surface area (Å²) >= 11 is 0. The molecule has 2 aliphatic rings. The molecule has 0 bridgehead atoms. The van der Waals surface area contributed by atoms with Gasteiger partial charge in [0.05, 0.1) is 11.7 Å². The Morgan fingerprint density at radius 3 is 2.85 bits per heavy atom. The first-order valence-electron chi connectivity index (χ1n) is 11.2. The third-order valence-electron chi connectivity index (χ3n) is 6.41. The van der Waals surface area contributed by atoms with Crippen LogP contribution in [0.1, 0.15) is 42.0 Å². The Bertz CT molecular complexity index is 1550. The topological polar surface area (TPSA) is 123 Å². The number of fused-ring (bicyclic) bond motifs is 2. The van der Waals surface area contributed by atoms with Gasteiger partial charge in [-0.2, -0.15) is 18.6 Å². The van der Waals surface area contributed by atoms with Gasteiger partial charge in [0.2, 0.25) is 0 Å². The first kappa shape index (κ1) is 20.8. The normalized spacial score (nSPS) is 15.4. The van der Waals surface area contributed by atoms with Crippen LogP contribution in [0.4, 0.5) is 10.5 Å². The van der Waals surface area contributed by atoms with Gasteiger partial charge in [0.1, 0.15) is 6.33 Å². The second-order valence-electron chi connectivity index (χ2n) is 8.84. The van der Waals surface area contributed by atoms with Crippen LogP contribution in [0.5, 0.6) is 0 Å². The van der Waals surface area contributed by atoms with E-state index in [-0.39, 0.29) is 11.1 Å². The maximum atomic E-state index is 13.0. The van der Waals surface area contributed by atoms with Crippen LogP contribution >= 0.6 is 0 Å². The zero-order valence-corrected chi connectivity index (χ0v) is 19.3.